The summed E-state index contributed by atoms with van der Waals surface area (Å²) in [6.07, 6.45) is 4.81. The molecule has 0 spiro atoms. The van der Waals surface area contributed by atoms with Crippen molar-refractivity contribution in [2.75, 3.05) is 14.2 Å². The van der Waals surface area contributed by atoms with Crippen LogP contribution in [-0.4, -0.2) is 26.2 Å². The lowest BCUT2D eigenvalue weighted by molar-refractivity contribution is -0.139. The van der Waals surface area contributed by atoms with Crippen molar-refractivity contribution in [1.82, 2.24) is 0 Å². The molecule has 0 aromatic rings. The highest BCUT2D eigenvalue weighted by Gasteiger charge is 2.43. The number of hydrogen-bond acceptors (Lipinski definition) is 4. The summed E-state index contributed by atoms with van der Waals surface area (Å²) in [6.45, 7) is 0. The fourth-order valence-electron chi connectivity index (χ4n) is 3.89. The summed E-state index contributed by atoms with van der Waals surface area (Å²) >= 11 is 0. The first-order chi connectivity index (χ1) is 9.15. The van der Waals surface area contributed by atoms with Crippen molar-refractivity contribution in [3.05, 3.63) is 22.3 Å². The van der Waals surface area contributed by atoms with Gasteiger partial charge in [-0.25, -0.2) is 9.59 Å². The third-order valence-corrected chi connectivity index (χ3v) is 4.79. The molecule has 1 fully saturated rings. The molecule has 4 nitrogen and oxygen atoms in total. The van der Waals surface area contributed by atoms with Crippen LogP contribution in [0.25, 0.3) is 0 Å². The molecule has 1 saturated carbocycles. The molecule has 3 aliphatic rings. The van der Waals surface area contributed by atoms with Gasteiger partial charge in [-0.2, -0.15) is 0 Å². The van der Waals surface area contributed by atoms with E-state index in [1.165, 1.54) is 44.6 Å². The van der Waals surface area contributed by atoms with Gasteiger partial charge in [0.2, 0.25) is 0 Å². The second kappa shape index (κ2) is 4.51. The molecule has 0 N–H and O–H groups in total. The Bertz CT molecular complexity index is 468. The van der Waals surface area contributed by atoms with Gasteiger partial charge in [0.1, 0.15) is 0 Å². The zero-order valence-corrected chi connectivity index (χ0v) is 11.3. The van der Waals surface area contributed by atoms with E-state index >= 15 is 0 Å². The second-order valence-electron chi connectivity index (χ2n) is 5.55. The molecule has 4 heteroatoms. The molecule has 2 bridgehead atoms. The monoisotopic (exact) mass is 262 g/mol. The summed E-state index contributed by atoms with van der Waals surface area (Å²) in [5, 5.41) is 0. The molecule has 102 valence electrons. The van der Waals surface area contributed by atoms with E-state index in [0.717, 1.165) is 0 Å². The van der Waals surface area contributed by atoms with Crippen molar-refractivity contribution in [1.29, 1.82) is 0 Å². The minimum absolute atomic E-state index is 0.394. The summed E-state index contributed by atoms with van der Waals surface area (Å²) < 4.78 is 9.63. The van der Waals surface area contributed by atoms with Crippen molar-refractivity contribution in [3.8, 4) is 0 Å². The summed E-state index contributed by atoms with van der Waals surface area (Å²) in [6, 6.07) is 0. The number of carbonyl (C=O) groups excluding carboxylic acids is 2. The molecule has 0 aromatic heterocycles. The van der Waals surface area contributed by atoms with Gasteiger partial charge >= 0.3 is 11.9 Å². The van der Waals surface area contributed by atoms with Crippen molar-refractivity contribution in [2.45, 2.75) is 32.1 Å². The van der Waals surface area contributed by atoms with Crippen LogP contribution in [0, 0.1) is 11.8 Å². The highest BCUT2D eigenvalue weighted by atomic mass is 16.5. The highest BCUT2D eigenvalue weighted by Crippen LogP contribution is 2.54. The lowest BCUT2D eigenvalue weighted by Gasteiger charge is -2.26. The highest BCUT2D eigenvalue weighted by molar-refractivity contribution is 6.01. The number of esters is 2. The van der Waals surface area contributed by atoms with Gasteiger partial charge in [-0.15, -0.1) is 0 Å². The number of carbonyl (C=O) groups is 2. The molecule has 0 amide bonds. The van der Waals surface area contributed by atoms with E-state index in [1.807, 2.05) is 0 Å². The topological polar surface area (TPSA) is 52.6 Å². The molecule has 3 rings (SSSR count). The van der Waals surface area contributed by atoms with E-state index in [4.69, 9.17) is 9.47 Å². The van der Waals surface area contributed by atoms with Gasteiger partial charge in [0.15, 0.2) is 0 Å². The first-order valence-electron chi connectivity index (χ1n) is 6.76. The van der Waals surface area contributed by atoms with Crippen LogP contribution in [0.4, 0.5) is 0 Å². The van der Waals surface area contributed by atoms with Crippen molar-refractivity contribution in [2.24, 2.45) is 11.8 Å². The van der Waals surface area contributed by atoms with Crippen LogP contribution in [0.3, 0.4) is 0 Å². The van der Waals surface area contributed by atoms with E-state index in [9.17, 15) is 9.59 Å². The molecule has 2 unspecified atom stereocenters. The average Bonchev–Trinajstić information content (AvgIpc) is 3.05. The van der Waals surface area contributed by atoms with Gasteiger partial charge in [-0.05, 0) is 31.1 Å². The largest absolute Gasteiger partial charge is 0.466 e. The molecule has 19 heavy (non-hydrogen) atoms. The Labute approximate surface area is 112 Å². The number of fused-ring (bicyclic) bond motifs is 4. The maximum Gasteiger partial charge on any atom is 0.334 e. The molecular weight excluding hydrogens is 244 g/mol. The fraction of sp³-hybridized carbons (Fsp3) is 0.600. The lowest BCUT2D eigenvalue weighted by atomic mass is 9.79. The first-order valence-corrected chi connectivity index (χ1v) is 6.76. The van der Waals surface area contributed by atoms with E-state index in [-0.39, 0.29) is 0 Å². The Morgan fingerprint density at radius 3 is 1.68 bits per heavy atom. The molecule has 0 aromatic carbocycles. The standard InChI is InChI=1S/C15H18O4/c1-18-14(16)12-6-10-8-3-4-9(5-8)11(10)7-13(12)15(17)19-2/h8-9H,3-7H2,1-2H3. The number of allylic oxidation sites excluding steroid dienone is 2. The van der Waals surface area contributed by atoms with Gasteiger partial charge < -0.3 is 9.47 Å². The minimum atomic E-state index is -0.394. The second-order valence-corrected chi connectivity index (χ2v) is 5.55. The Morgan fingerprint density at radius 2 is 1.32 bits per heavy atom. The Morgan fingerprint density at radius 1 is 0.895 bits per heavy atom. The van der Waals surface area contributed by atoms with Crippen LogP contribution >= 0.6 is 0 Å². The fourth-order valence-corrected chi connectivity index (χ4v) is 3.89. The normalized spacial score (nSPS) is 28.5. The van der Waals surface area contributed by atoms with Crippen molar-refractivity contribution < 1.29 is 19.1 Å². The Hall–Kier alpha value is -1.58. The SMILES string of the molecule is COC(=O)C1=C(C(=O)OC)CC2=C(C1)C1CCC2C1. The first kappa shape index (κ1) is 12.5. The summed E-state index contributed by atoms with van der Waals surface area (Å²) in [5.41, 5.74) is 3.79. The van der Waals surface area contributed by atoms with E-state index in [1.54, 1.807) is 0 Å². The smallest absolute Gasteiger partial charge is 0.334 e. The number of ether oxygens (including phenoxy) is 2. The molecular formula is C15H18O4. The van der Waals surface area contributed by atoms with Crippen LogP contribution in [0.2, 0.25) is 0 Å². The van der Waals surface area contributed by atoms with Gasteiger partial charge in [-0.1, -0.05) is 11.1 Å². The maximum atomic E-state index is 11.9. The van der Waals surface area contributed by atoms with Crippen LogP contribution in [0.15, 0.2) is 22.3 Å². The molecule has 3 aliphatic carbocycles. The molecule has 2 atom stereocenters. The predicted octanol–water partition coefficient (Wildman–Crippen LogP) is 2.15. The quantitative estimate of drug-likeness (QED) is 0.565. The molecule has 0 heterocycles. The zero-order chi connectivity index (χ0) is 13.6. The van der Waals surface area contributed by atoms with Gasteiger partial charge in [-0.3, -0.25) is 0 Å². The van der Waals surface area contributed by atoms with Gasteiger partial charge in [0.05, 0.1) is 25.4 Å². The minimum Gasteiger partial charge on any atom is -0.466 e. The number of methoxy groups -OCH3 is 2. The lowest BCUT2D eigenvalue weighted by Crippen LogP contribution is -2.21. The van der Waals surface area contributed by atoms with Crippen LogP contribution in [0.5, 0.6) is 0 Å². The van der Waals surface area contributed by atoms with Crippen LogP contribution < -0.4 is 0 Å². The third-order valence-electron chi connectivity index (χ3n) is 4.79. The third kappa shape index (κ3) is 1.81. The maximum absolute atomic E-state index is 11.9. The van der Waals surface area contributed by atoms with Crippen molar-refractivity contribution >= 4 is 11.9 Å². The predicted molar refractivity (Wildman–Crippen MR) is 68.1 cm³/mol. The van der Waals surface area contributed by atoms with E-state index in [2.05, 4.69) is 0 Å². The molecule has 0 aliphatic heterocycles. The van der Waals surface area contributed by atoms with Crippen LogP contribution in [-0.2, 0) is 19.1 Å². The summed E-state index contributed by atoms with van der Waals surface area (Å²) in [4.78, 5) is 23.8. The van der Waals surface area contributed by atoms with Crippen LogP contribution in [0.1, 0.15) is 32.1 Å². The average molecular weight is 262 g/mol. The summed E-state index contributed by atoms with van der Waals surface area (Å²) in [5.74, 6) is 0.460. The van der Waals surface area contributed by atoms with E-state index in [0.29, 0.717) is 35.8 Å². The van der Waals surface area contributed by atoms with Gasteiger partial charge in [0.25, 0.3) is 0 Å². The molecule has 0 saturated heterocycles. The van der Waals surface area contributed by atoms with Gasteiger partial charge in [0, 0.05) is 12.8 Å². The summed E-state index contributed by atoms with van der Waals surface area (Å²) in [7, 11) is 2.71. The Kier molecular flexibility index (Phi) is 2.96. The Balaban J connectivity index is 1.96. The zero-order valence-electron chi connectivity index (χ0n) is 11.3. The van der Waals surface area contributed by atoms with Crippen molar-refractivity contribution in [3.63, 3.8) is 0 Å². The number of hydrogen-bond donors (Lipinski definition) is 0. The van der Waals surface area contributed by atoms with E-state index < -0.39 is 11.9 Å². The molecule has 0 radical (unpaired) electrons. The number of rotatable bonds is 2.